The van der Waals surface area contributed by atoms with Gasteiger partial charge in [0.2, 0.25) is 5.91 Å². The maximum Gasteiger partial charge on any atom is 0.228 e. The zero-order chi connectivity index (χ0) is 19.2. The van der Waals surface area contributed by atoms with E-state index in [0.29, 0.717) is 12.1 Å². The van der Waals surface area contributed by atoms with Crippen LogP contribution < -0.4 is 15.4 Å². The Hall–Kier alpha value is -3.34. The van der Waals surface area contributed by atoms with Gasteiger partial charge in [-0.2, -0.15) is 0 Å². The van der Waals surface area contributed by atoms with Crippen molar-refractivity contribution in [3.8, 4) is 5.75 Å². The Morgan fingerprint density at radius 2 is 1.70 bits per heavy atom. The van der Waals surface area contributed by atoms with Gasteiger partial charge in [-0.3, -0.25) is 4.79 Å². The number of rotatable bonds is 6. The number of hydrogen-bond donors (Lipinski definition) is 2. The second-order valence-corrected chi connectivity index (χ2v) is 6.43. The summed E-state index contributed by atoms with van der Waals surface area (Å²) in [5.74, 6) is 1.42. The summed E-state index contributed by atoms with van der Waals surface area (Å²) in [6.45, 7) is 4.16. The molecule has 3 rings (SSSR count). The minimum atomic E-state index is -0.0863. The molecule has 1 aromatic heterocycles. The molecular weight excluding hydrogens is 338 g/mol. The highest BCUT2D eigenvalue weighted by Crippen LogP contribution is 2.19. The maximum atomic E-state index is 12.2. The molecule has 0 radical (unpaired) electrons. The van der Waals surface area contributed by atoms with Crippen molar-refractivity contribution in [3.63, 3.8) is 0 Å². The number of carbonyl (C=O) groups is 1. The van der Waals surface area contributed by atoms with Gasteiger partial charge in [-0.15, -0.1) is 0 Å². The van der Waals surface area contributed by atoms with Gasteiger partial charge in [0.05, 0.1) is 25.4 Å². The largest absolute Gasteiger partial charge is 0.497 e. The van der Waals surface area contributed by atoms with Crippen LogP contribution in [0.2, 0.25) is 0 Å². The van der Waals surface area contributed by atoms with Crippen LogP contribution in [0.15, 0.2) is 60.8 Å². The lowest BCUT2D eigenvalue weighted by molar-refractivity contribution is -0.115. The predicted molar refractivity (Wildman–Crippen MR) is 109 cm³/mol. The Balaban J connectivity index is 1.57. The number of amides is 1. The van der Waals surface area contributed by atoms with Crippen molar-refractivity contribution in [2.24, 2.45) is 0 Å². The van der Waals surface area contributed by atoms with Crippen LogP contribution in [0.1, 0.15) is 16.7 Å². The highest BCUT2D eigenvalue weighted by atomic mass is 16.5. The van der Waals surface area contributed by atoms with Crippen molar-refractivity contribution in [1.29, 1.82) is 0 Å². The number of ether oxygens (including phenoxy) is 1. The number of aromatic nitrogens is 1. The van der Waals surface area contributed by atoms with E-state index in [4.69, 9.17) is 4.74 Å². The average Bonchev–Trinajstić information content (AvgIpc) is 2.67. The molecule has 0 atom stereocenters. The van der Waals surface area contributed by atoms with Crippen LogP contribution in [0.25, 0.3) is 0 Å². The van der Waals surface area contributed by atoms with Crippen LogP contribution in [-0.4, -0.2) is 18.0 Å². The van der Waals surface area contributed by atoms with Crippen molar-refractivity contribution < 1.29 is 9.53 Å². The zero-order valence-electron chi connectivity index (χ0n) is 15.7. The third kappa shape index (κ3) is 5.07. The minimum absolute atomic E-state index is 0.0863. The van der Waals surface area contributed by atoms with Gasteiger partial charge >= 0.3 is 0 Å². The van der Waals surface area contributed by atoms with Crippen molar-refractivity contribution in [2.75, 3.05) is 17.7 Å². The summed E-state index contributed by atoms with van der Waals surface area (Å²) >= 11 is 0. The first kappa shape index (κ1) is 18.5. The predicted octanol–water partition coefficient (Wildman–Crippen LogP) is 4.63. The van der Waals surface area contributed by atoms with Gasteiger partial charge in [-0.1, -0.05) is 18.2 Å². The monoisotopic (exact) mass is 361 g/mol. The number of methoxy groups -OCH3 is 1. The molecule has 0 unspecified atom stereocenters. The molecule has 0 aliphatic heterocycles. The number of nitrogens with zero attached hydrogens (tertiary/aromatic N) is 1. The Bertz CT molecular complexity index is 919. The highest BCUT2D eigenvalue weighted by molar-refractivity contribution is 5.92. The van der Waals surface area contributed by atoms with Crippen molar-refractivity contribution >= 4 is 23.1 Å². The Labute approximate surface area is 159 Å². The maximum absolute atomic E-state index is 12.2. The van der Waals surface area contributed by atoms with E-state index in [1.807, 2.05) is 42.5 Å². The van der Waals surface area contributed by atoms with Gasteiger partial charge in [0.1, 0.15) is 11.6 Å². The van der Waals surface area contributed by atoms with Crippen molar-refractivity contribution in [1.82, 2.24) is 4.98 Å². The van der Waals surface area contributed by atoms with E-state index in [9.17, 15) is 4.79 Å². The molecule has 0 aliphatic carbocycles. The zero-order valence-corrected chi connectivity index (χ0v) is 15.7. The molecule has 1 amide bonds. The van der Waals surface area contributed by atoms with E-state index in [1.54, 1.807) is 13.3 Å². The number of hydrogen-bond acceptors (Lipinski definition) is 4. The molecule has 0 spiro atoms. The summed E-state index contributed by atoms with van der Waals surface area (Å²) in [4.78, 5) is 16.6. The molecule has 5 nitrogen and oxygen atoms in total. The molecule has 1 heterocycles. The van der Waals surface area contributed by atoms with E-state index in [1.165, 1.54) is 11.1 Å². The molecule has 138 valence electrons. The molecule has 2 N–H and O–H groups in total. The lowest BCUT2D eigenvalue weighted by Gasteiger charge is -2.09. The Morgan fingerprint density at radius 1 is 0.963 bits per heavy atom. The molecule has 0 aliphatic rings. The van der Waals surface area contributed by atoms with Crippen LogP contribution in [0.4, 0.5) is 17.2 Å². The highest BCUT2D eigenvalue weighted by Gasteiger charge is 2.05. The number of carbonyl (C=O) groups excluding carboxylic acids is 1. The SMILES string of the molecule is COc1ccc(CC(=O)Nc2ccc(Nc3ccc(C)c(C)c3)nc2)cc1. The topological polar surface area (TPSA) is 63.2 Å². The Kier molecular flexibility index (Phi) is 5.71. The van der Waals surface area contributed by atoms with E-state index < -0.39 is 0 Å². The van der Waals surface area contributed by atoms with E-state index in [-0.39, 0.29) is 5.91 Å². The average molecular weight is 361 g/mol. The fourth-order valence-electron chi connectivity index (χ4n) is 2.64. The summed E-state index contributed by atoms with van der Waals surface area (Å²) in [7, 11) is 1.62. The molecule has 3 aromatic rings. The summed E-state index contributed by atoms with van der Waals surface area (Å²) in [5, 5.41) is 6.13. The van der Waals surface area contributed by atoms with Crippen molar-refractivity contribution in [3.05, 3.63) is 77.5 Å². The molecule has 0 fully saturated rings. The third-order valence-electron chi connectivity index (χ3n) is 4.35. The fourth-order valence-corrected chi connectivity index (χ4v) is 2.64. The van der Waals surface area contributed by atoms with Crippen LogP contribution in [0.5, 0.6) is 5.75 Å². The van der Waals surface area contributed by atoms with Crippen LogP contribution >= 0.6 is 0 Å². The lowest BCUT2D eigenvalue weighted by Crippen LogP contribution is -2.14. The first-order valence-corrected chi connectivity index (χ1v) is 8.76. The standard InChI is InChI=1S/C22H23N3O2/c1-15-4-7-18(12-16(15)2)24-21-11-8-19(14-23-21)25-22(26)13-17-5-9-20(27-3)10-6-17/h4-12,14H,13H2,1-3H3,(H,23,24)(H,25,26). The molecule has 27 heavy (non-hydrogen) atoms. The summed E-state index contributed by atoms with van der Waals surface area (Å²) in [5.41, 5.74) is 5.06. The quantitative estimate of drug-likeness (QED) is 0.672. The molecule has 0 bridgehead atoms. The molecular formula is C22H23N3O2. The van der Waals surface area contributed by atoms with Crippen LogP contribution in [-0.2, 0) is 11.2 Å². The number of aryl methyl sites for hydroxylation is 2. The second-order valence-electron chi connectivity index (χ2n) is 6.43. The molecule has 2 aromatic carbocycles. The van der Waals surface area contributed by atoms with Gasteiger partial charge in [0, 0.05) is 5.69 Å². The summed E-state index contributed by atoms with van der Waals surface area (Å²) in [6.07, 6.45) is 1.95. The third-order valence-corrected chi connectivity index (χ3v) is 4.35. The Morgan fingerprint density at radius 3 is 2.33 bits per heavy atom. The number of pyridine rings is 1. The van der Waals surface area contributed by atoms with E-state index >= 15 is 0 Å². The molecule has 0 saturated carbocycles. The van der Waals surface area contributed by atoms with Gasteiger partial charge in [-0.25, -0.2) is 4.98 Å². The molecule has 5 heteroatoms. The van der Waals surface area contributed by atoms with Crippen LogP contribution in [0.3, 0.4) is 0 Å². The van der Waals surface area contributed by atoms with Gasteiger partial charge in [0.25, 0.3) is 0 Å². The number of nitrogens with one attached hydrogen (secondary N) is 2. The first-order valence-electron chi connectivity index (χ1n) is 8.76. The smallest absolute Gasteiger partial charge is 0.228 e. The van der Waals surface area contributed by atoms with Gasteiger partial charge in [0.15, 0.2) is 0 Å². The first-order chi connectivity index (χ1) is 13.0. The summed E-state index contributed by atoms with van der Waals surface area (Å²) in [6, 6.07) is 17.3. The van der Waals surface area contributed by atoms with Crippen molar-refractivity contribution in [2.45, 2.75) is 20.3 Å². The lowest BCUT2D eigenvalue weighted by atomic mass is 10.1. The van der Waals surface area contributed by atoms with E-state index in [0.717, 1.165) is 22.8 Å². The summed E-state index contributed by atoms with van der Waals surface area (Å²) < 4.78 is 5.12. The number of benzene rings is 2. The van der Waals surface area contributed by atoms with Gasteiger partial charge < -0.3 is 15.4 Å². The molecule has 0 saturated heterocycles. The number of anilines is 3. The minimum Gasteiger partial charge on any atom is -0.497 e. The second kappa shape index (κ2) is 8.36. The normalized spacial score (nSPS) is 10.3. The van der Waals surface area contributed by atoms with E-state index in [2.05, 4.69) is 41.6 Å². The van der Waals surface area contributed by atoms with Crippen LogP contribution in [0, 0.1) is 13.8 Å². The fraction of sp³-hybridized carbons (Fsp3) is 0.182. The van der Waals surface area contributed by atoms with Gasteiger partial charge in [-0.05, 0) is 66.9 Å².